The molecule has 1 aliphatic rings. The number of nitrogens with zero attached hydrogens (tertiary/aromatic N) is 1. The predicted molar refractivity (Wildman–Crippen MR) is 86.2 cm³/mol. The summed E-state index contributed by atoms with van der Waals surface area (Å²) >= 11 is 0. The van der Waals surface area contributed by atoms with Crippen molar-refractivity contribution in [3.8, 4) is 0 Å². The third kappa shape index (κ3) is 5.06. The number of benzene rings is 1. The lowest BCUT2D eigenvalue weighted by molar-refractivity contribution is -0.118. The molecule has 1 heterocycles. The SMILES string of the molecule is CC(=O)NCCCCCCNC(=O)N1Cc2ccccc2C1. The van der Waals surface area contributed by atoms with E-state index >= 15 is 0 Å². The number of nitrogens with one attached hydrogen (secondary N) is 2. The molecule has 2 N–H and O–H groups in total. The second kappa shape index (κ2) is 8.41. The smallest absolute Gasteiger partial charge is 0.318 e. The van der Waals surface area contributed by atoms with Crippen molar-refractivity contribution in [1.29, 1.82) is 0 Å². The molecule has 2 rings (SSSR count). The summed E-state index contributed by atoms with van der Waals surface area (Å²) in [4.78, 5) is 24.6. The second-order valence-corrected chi connectivity index (χ2v) is 5.75. The lowest BCUT2D eigenvalue weighted by Crippen LogP contribution is -2.36. The van der Waals surface area contributed by atoms with Gasteiger partial charge in [0.2, 0.25) is 5.91 Å². The standard InChI is InChI=1S/C17H25N3O2/c1-14(21)18-10-6-2-3-7-11-19-17(22)20-12-15-8-4-5-9-16(15)13-20/h4-5,8-9H,2-3,6-7,10-13H2,1H3,(H,18,21)(H,19,22). The fourth-order valence-electron chi connectivity index (χ4n) is 2.65. The number of hydrogen-bond acceptors (Lipinski definition) is 2. The highest BCUT2D eigenvalue weighted by Crippen LogP contribution is 2.21. The van der Waals surface area contributed by atoms with Gasteiger partial charge in [-0.25, -0.2) is 4.79 Å². The second-order valence-electron chi connectivity index (χ2n) is 5.75. The average Bonchev–Trinajstić information content (AvgIpc) is 2.93. The number of urea groups is 1. The minimum Gasteiger partial charge on any atom is -0.356 e. The third-order valence-corrected chi connectivity index (χ3v) is 3.88. The van der Waals surface area contributed by atoms with E-state index in [-0.39, 0.29) is 11.9 Å². The zero-order valence-corrected chi connectivity index (χ0v) is 13.2. The molecule has 5 heteroatoms. The Labute approximate surface area is 132 Å². The van der Waals surface area contributed by atoms with E-state index in [0.717, 1.165) is 32.2 Å². The molecule has 22 heavy (non-hydrogen) atoms. The first kappa shape index (κ1) is 16.3. The highest BCUT2D eigenvalue weighted by atomic mass is 16.2. The van der Waals surface area contributed by atoms with Crippen LogP contribution in [0.5, 0.6) is 0 Å². The summed E-state index contributed by atoms with van der Waals surface area (Å²) in [5.41, 5.74) is 2.49. The Morgan fingerprint density at radius 1 is 0.955 bits per heavy atom. The summed E-state index contributed by atoms with van der Waals surface area (Å²) in [6.07, 6.45) is 4.12. The molecule has 0 unspecified atom stereocenters. The topological polar surface area (TPSA) is 61.4 Å². The van der Waals surface area contributed by atoms with Gasteiger partial charge in [0.05, 0.1) is 0 Å². The van der Waals surface area contributed by atoms with Gasteiger partial charge in [-0.3, -0.25) is 4.79 Å². The Hall–Kier alpha value is -2.04. The first-order valence-corrected chi connectivity index (χ1v) is 8.01. The Morgan fingerprint density at radius 2 is 1.50 bits per heavy atom. The summed E-state index contributed by atoms with van der Waals surface area (Å²) in [5.74, 6) is 0.0267. The quantitative estimate of drug-likeness (QED) is 0.760. The first-order chi connectivity index (χ1) is 10.7. The molecule has 0 saturated carbocycles. The molecule has 0 aromatic heterocycles. The van der Waals surface area contributed by atoms with Crippen molar-refractivity contribution in [3.63, 3.8) is 0 Å². The van der Waals surface area contributed by atoms with Crippen LogP contribution in [0.4, 0.5) is 4.79 Å². The van der Waals surface area contributed by atoms with Crippen LogP contribution in [0.25, 0.3) is 0 Å². The van der Waals surface area contributed by atoms with E-state index in [0.29, 0.717) is 19.6 Å². The molecule has 1 aromatic carbocycles. The fraction of sp³-hybridized carbons (Fsp3) is 0.529. The van der Waals surface area contributed by atoms with Crippen LogP contribution in [-0.4, -0.2) is 29.9 Å². The van der Waals surface area contributed by atoms with Crippen LogP contribution in [0, 0.1) is 0 Å². The van der Waals surface area contributed by atoms with Gasteiger partial charge in [0.15, 0.2) is 0 Å². The van der Waals surface area contributed by atoms with Gasteiger partial charge in [0.25, 0.3) is 0 Å². The molecule has 5 nitrogen and oxygen atoms in total. The van der Waals surface area contributed by atoms with Crippen LogP contribution in [-0.2, 0) is 17.9 Å². The highest BCUT2D eigenvalue weighted by Gasteiger charge is 2.22. The van der Waals surface area contributed by atoms with Crippen molar-refractivity contribution >= 4 is 11.9 Å². The lowest BCUT2D eigenvalue weighted by atomic mass is 10.1. The molecule has 0 saturated heterocycles. The average molecular weight is 303 g/mol. The molecule has 0 bridgehead atoms. The molecule has 0 radical (unpaired) electrons. The molecule has 0 spiro atoms. The van der Waals surface area contributed by atoms with Crippen molar-refractivity contribution < 1.29 is 9.59 Å². The molecule has 0 atom stereocenters. The van der Waals surface area contributed by atoms with Gasteiger partial charge in [-0.1, -0.05) is 37.1 Å². The summed E-state index contributed by atoms with van der Waals surface area (Å²) in [6, 6.07) is 8.21. The predicted octanol–water partition coefficient (Wildman–Crippen LogP) is 2.41. The zero-order valence-electron chi connectivity index (χ0n) is 13.2. The van der Waals surface area contributed by atoms with E-state index in [9.17, 15) is 9.59 Å². The number of unbranched alkanes of at least 4 members (excludes halogenated alkanes) is 3. The molecular weight excluding hydrogens is 278 g/mol. The van der Waals surface area contributed by atoms with Crippen LogP contribution < -0.4 is 10.6 Å². The summed E-state index contributed by atoms with van der Waals surface area (Å²) < 4.78 is 0. The van der Waals surface area contributed by atoms with Gasteiger partial charge in [-0.15, -0.1) is 0 Å². The molecule has 0 aliphatic carbocycles. The van der Waals surface area contributed by atoms with Crippen LogP contribution >= 0.6 is 0 Å². The number of hydrogen-bond donors (Lipinski definition) is 2. The minimum atomic E-state index is 0.0226. The molecular formula is C17H25N3O2. The monoisotopic (exact) mass is 303 g/mol. The summed E-state index contributed by atoms with van der Waals surface area (Å²) in [7, 11) is 0. The summed E-state index contributed by atoms with van der Waals surface area (Å²) in [6.45, 7) is 4.41. The number of carbonyl (C=O) groups excluding carboxylic acids is 2. The maximum atomic E-state index is 12.1. The molecule has 1 aliphatic heterocycles. The van der Waals surface area contributed by atoms with E-state index in [4.69, 9.17) is 0 Å². The van der Waals surface area contributed by atoms with Gasteiger partial charge < -0.3 is 15.5 Å². The highest BCUT2D eigenvalue weighted by molar-refractivity contribution is 5.75. The normalized spacial score (nSPS) is 12.9. The van der Waals surface area contributed by atoms with Gasteiger partial charge in [0.1, 0.15) is 0 Å². The fourth-order valence-corrected chi connectivity index (χ4v) is 2.65. The largest absolute Gasteiger partial charge is 0.356 e. The van der Waals surface area contributed by atoms with Crippen molar-refractivity contribution in [2.24, 2.45) is 0 Å². The van der Waals surface area contributed by atoms with Crippen LogP contribution in [0.3, 0.4) is 0 Å². The van der Waals surface area contributed by atoms with Gasteiger partial charge >= 0.3 is 6.03 Å². The van der Waals surface area contributed by atoms with Crippen LogP contribution in [0.2, 0.25) is 0 Å². The van der Waals surface area contributed by atoms with E-state index in [1.807, 2.05) is 17.0 Å². The number of amides is 3. The van der Waals surface area contributed by atoms with E-state index in [1.54, 1.807) is 0 Å². The number of fused-ring (bicyclic) bond motifs is 1. The van der Waals surface area contributed by atoms with E-state index < -0.39 is 0 Å². The van der Waals surface area contributed by atoms with Crippen molar-refractivity contribution in [3.05, 3.63) is 35.4 Å². The minimum absolute atomic E-state index is 0.0226. The maximum absolute atomic E-state index is 12.1. The Balaban J connectivity index is 1.53. The van der Waals surface area contributed by atoms with Crippen molar-refractivity contribution in [2.45, 2.75) is 45.7 Å². The van der Waals surface area contributed by atoms with Crippen molar-refractivity contribution in [2.75, 3.05) is 13.1 Å². The molecule has 1 aromatic rings. The van der Waals surface area contributed by atoms with Crippen LogP contribution in [0.15, 0.2) is 24.3 Å². The molecule has 3 amide bonds. The van der Waals surface area contributed by atoms with Crippen molar-refractivity contribution in [1.82, 2.24) is 15.5 Å². The van der Waals surface area contributed by atoms with E-state index in [2.05, 4.69) is 22.8 Å². The number of rotatable bonds is 7. The van der Waals surface area contributed by atoms with Crippen LogP contribution in [0.1, 0.15) is 43.7 Å². The zero-order chi connectivity index (χ0) is 15.8. The summed E-state index contributed by atoms with van der Waals surface area (Å²) in [5, 5.41) is 5.77. The molecule has 120 valence electrons. The Bertz CT molecular complexity index is 491. The Kier molecular flexibility index (Phi) is 6.25. The lowest BCUT2D eigenvalue weighted by Gasteiger charge is -2.16. The van der Waals surface area contributed by atoms with Gasteiger partial charge in [0, 0.05) is 33.1 Å². The maximum Gasteiger partial charge on any atom is 0.318 e. The first-order valence-electron chi connectivity index (χ1n) is 8.01. The van der Waals surface area contributed by atoms with Gasteiger partial charge in [-0.05, 0) is 24.0 Å². The Morgan fingerprint density at radius 3 is 2.05 bits per heavy atom. The van der Waals surface area contributed by atoms with E-state index in [1.165, 1.54) is 18.1 Å². The molecule has 0 fully saturated rings. The number of carbonyl (C=O) groups is 2. The van der Waals surface area contributed by atoms with Gasteiger partial charge in [-0.2, -0.15) is 0 Å². The third-order valence-electron chi connectivity index (χ3n) is 3.88.